The standard InChI is InChI=1S/C21H24N4O3S/c1-2-25-19(14-28-18-9-5-7-16-6-3-4-8-17(16)18)22-23-21(25)29-15-20(26)24-10-12-27-13-11-24/h3-9H,2,10-15H2,1H3. The van der Waals surface area contributed by atoms with Gasteiger partial charge in [0.25, 0.3) is 0 Å². The summed E-state index contributed by atoms with van der Waals surface area (Å²) in [6.07, 6.45) is 0. The van der Waals surface area contributed by atoms with E-state index in [1.54, 1.807) is 0 Å². The van der Waals surface area contributed by atoms with Crippen molar-refractivity contribution in [2.75, 3.05) is 32.1 Å². The fourth-order valence-corrected chi connectivity index (χ4v) is 4.27. The Hall–Kier alpha value is -2.58. The van der Waals surface area contributed by atoms with Crippen molar-refractivity contribution in [2.45, 2.75) is 25.2 Å². The van der Waals surface area contributed by atoms with Gasteiger partial charge >= 0.3 is 0 Å². The van der Waals surface area contributed by atoms with Gasteiger partial charge in [-0.1, -0.05) is 48.2 Å². The van der Waals surface area contributed by atoms with Gasteiger partial charge in [-0.3, -0.25) is 4.79 Å². The average Bonchev–Trinajstić information content (AvgIpc) is 3.18. The van der Waals surface area contributed by atoms with E-state index in [9.17, 15) is 4.79 Å². The van der Waals surface area contributed by atoms with Gasteiger partial charge in [0.15, 0.2) is 11.0 Å². The molecule has 1 amide bonds. The van der Waals surface area contributed by atoms with Gasteiger partial charge in [0.05, 0.1) is 19.0 Å². The molecule has 152 valence electrons. The molecule has 1 fully saturated rings. The summed E-state index contributed by atoms with van der Waals surface area (Å²) < 4.78 is 13.4. The zero-order valence-corrected chi connectivity index (χ0v) is 17.2. The van der Waals surface area contributed by atoms with Gasteiger partial charge in [0.2, 0.25) is 5.91 Å². The molecule has 0 aliphatic carbocycles. The molecule has 29 heavy (non-hydrogen) atoms. The number of hydrogen-bond donors (Lipinski definition) is 0. The number of thioether (sulfide) groups is 1. The number of nitrogens with zero attached hydrogens (tertiary/aromatic N) is 4. The second-order valence-electron chi connectivity index (χ2n) is 6.69. The Kier molecular flexibility index (Phi) is 6.31. The lowest BCUT2D eigenvalue weighted by atomic mass is 10.1. The highest BCUT2D eigenvalue weighted by molar-refractivity contribution is 7.99. The number of ether oxygens (including phenoxy) is 2. The van der Waals surface area contributed by atoms with E-state index in [4.69, 9.17) is 9.47 Å². The Balaban J connectivity index is 1.41. The minimum absolute atomic E-state index is 0.109. The van der Waals surface area contributed by atoms with Gasteiger partial charge in [-0.05, 0) is 18.4 Å². The number of benzene rings is 2. The van der Waals surface area contributed by atoms with Crippen molar-refractivity contribution in [3.63, 3.8) is 0 Å². The van der Waals surface area contributed by atoms with Gasteiger partial charge < -0.3 is 18.9 Å². The van der Waals surface area contributed by atoms with Gasteiger partial charge in [-0.15, -0.1) is 10.2 Å². The first-order chi connectivity index (χ1) is 14.3. The Morgan fingerprint density at radius 1 is 1.14 bits per heavy atom. The maximum absolute atomic E-state index is 12.4. The topological polar surface area (TPSA) is 69.5 Å². The van der Waals surface area contributed by atoms with E-state index >= 15 is 0 Å². The van der Waals surface area contributed by atoms with Crippen LogP contribution in [0, 0.1) is 0 Å². The number of carbonyl (C=O) groups excluding carboxylic acids is 1. The summed E-state index contributed by atoms with van der Waals surface area (Å²) in [7, 11) is 0. The zero-order chi connectivity index (χ0) is 20.1. The van der Waals surface area contributed by atoms with Crippen molar-refractivity contribution in [1.29, 1.82) is 0 Å². The Morgan fingerprint density at radius 3 is 2.76 bits per heavy atom. The van der Waals surface area contributed by atoms with Gasteiger partial charge in [0.1, 0.15) is 12.4 Å². The van der Waals surface area contributed by atoms with Gasteiger partial charge in [0, 0.05) is 25.0 Å². The van der Waals surface area contributed by atoms with Crippen LogP contribution in [0.5, 0.6) is 5.75 Å². The summed E-state index contributed by atoms with van der Waals surface area (Å²) in [6.45, 7) is 5.61. The Bertz CT molecular complexity index is 980. The predicted octanol–water partition coefficient (Wildman–Crippen LogP) is 2.98. The fraction of sp³-hybridized carbons (Fsp3) is 0.381. The number of morpholine rings is 1. The van der Waals surface area contributed by atoms with Crippen LogP contribution in [0.25, 0.3) is 10.8 Å². The normalized spacial score (nSPS) is 14.3. The quantitative estimate of drug-likeness (QED) is 0.556. The van der Waals surface area contributed by atoms with Crippen molar-refractivity contribution >= 4 is 28.4 Å². The summed E-state index contributed by atoms with van der Waals surface area (Å²) in [4.78, 5) is 14.2. The second kappa shape index (κ2) is 9.28. The van der Waals surface area contributed by atoms with E-state index < -0.39 is 0 Å². The van der Waals surface area contributed by atoms with Crippen LogP contribution < -0.4 is 4.74 Å². The molecule has 7 nitrogen and oxygen atoms in total. The average molecular weight is 413 g/mol. The van der Waals surface area contributed by atoms with E-state index in [1.807, 2.05) is 46.7 Å². The lowest BCUT2D eigenvalue weighted by Crippen LogP contribution is -2.41. The lowest BCUT2D eigenvalue weighted by Gasteiger charge is -2.26. The molecule has 0 radical (unpaired) electrons. The number of carbonyl (C=O) groups is 1. The van der Waals surface area contributed by atoms with Crippen molar-refractivity contribution in [3.8, 4) is 5.75 Å². The monoisotopic (exact) mass is 412 g/mol. The highest BCUT2D eigenvalue weighted by Crippen LogP contribution is 2.26. The van der Waals surface area contributed by atoms with Crippen molar-refractivity contribution < 1.29 is 14.3 Å². The van der Waals surface area contributed by atoms with Crippen molar-refractivity contribution in [3.05, 3.63) is 48.3 Å². The van der Waals surface area contributed by atoms with E-state index in [-0.39, 0.29) is 5.91 Å². The zero-order valence-electron chi connectivity index (χ0n) is 16.4. The smallest absolute Gasteiger partial charge is 0.233 e. The summed E-state index contributed by atoms with van der Waals surface area (Å²) >= 11 is 1.42. The Labute approximate surface area is 174 Å². The third-order valence-corrected chi connectivity index (χ3v) is 5.86. The molecule has 2 aromatic carbocycles. The first-order valence-corrected chi connectivity index (χ1v) is 10.8. The molecule has 1 saturated heterocycles. The minimum atomic E-state index is 0.109. The van der Waals surface area contributed by atoms with Crippen LogP contribution in [0.2, 0.25) is 0 Å². The van der Waals surface area contributed by atoms with E-state index in [0.717, 1.165) is 34.0 Å². The number of rotatable bonds is 7. The molecule has 0 atom stereocenters. The molecule has 0 saturated carbocycles. The lowest BCUT2D eigenvalue weighted by molar-refractivity contribution is -0.132. The predicted molar refractivity (Wildman–Crippen MR) is 112 cm³/mol. The molecule has 1 aliphatic heterocycles. The van der Waals surface area contributed by atoms with Crippen LogP contribution in [-0.2, 0) is 22.7 Å². The molecule has 1 aliphatic rings. The van der Waals surface area contributed by atoms with Crippen molar-refractivity contribution in [1.82, 2.24) is 19.7 Å². The van der Waals surface area contributed by atoms with E-state index in [2.05, 4.69) is 22.3 Å². The molecule has 0 bridgehead atoms. The SMILES string of the molecule is CCn1c(COc2cccc3ccccc23)nnc1SCC(=O)N1CCOCC1. The molecule has 0 spiro atoms. The van der Waals surface area contributed by atoms with Crippen LogP contribution in [-0.4, -0.2) is 57.6 Å². The summed E-state index contributed by atoms with van der Waals surface area (Å²) in [5.41, 5.74) is 0. The third kappa shape index (κ3) is 4.54. The molecule has 0 N–H and O–H groups in total. The number of hydrogen-bond acceptors (Lipinski definition) is 6. The van der Waals surface area contributed by atoms with Crippen LogP contribution in [0.1, 0.15) is 12.7 Å². The maximum atomic E-state index is 12.4. The second-order valence-corrected chi connectivity index (χ2v) is 7.63. The maximum Gasteiger partial charge on any atom is 0.233 e. The highest BCUT2D eigenvalue weighted by atomic mass is 32.2. The van der Waals surface area contributed by atoms with Crippen LogP contribution >= 0.6 is 11.8 Å². The van der Waals surface area contributed by atoms with E-state index in [0.29, 0.717) is 38.7 Å². The molecule has 8 heteroatoms. The molecule has 1 aromatic heterocycles. The minimum Gasteiger partial charge on any atom is -0.485 e. The molecule has 4 rings (SSSR count). The van der Waals surface area contributed by atoms with Crippen LogP contribution in [0.15, 0.2) is 47.6 Å². The van der Waals surface area contributed by atoms with Gasteiger partial charge in [-0.2, -0.15) is 0 Å². The largest absolute Gasteiger partial charge is 0.485 e. The molecule has 0 unspecified atom stereocenters. The molecule has 3 aromatic rings. The summed E-state index contributed by atoms with van der Waals surface area (Å²) in [6, 6.07) is 14.2. The van der Waals surface area contributed by atoms with Crippen molar-refractivity contribution in [2.24, 2.45) is 0 Å². The fourth-order valence-electron chi connectivity index (χ4n) is 3.34. The number of aromatic nitrogens is 3. The van der Waals surface area contributed by atoms with Gasteiger partial charge in [-0.25, -0.2) is 0 Å². The first-order valence-electron chi connectivity index (χ1n) is 9.77. The number of amides is 1. The number of fused-ring (bicyclic) bond motifs is 1. The summed E-state index contributed by atoms with van der Waals surface area (Å²) in [5.74, 6) is 2.03. The van der Waals surface area contributed by atoms with E-state index in [1.165, 1.54) is 11.8 Å². The summed E-state index contributed by atoms with van der Waals surface area (Å²) in [5, 5.41) is 11.5. The molecule has 2 heterocycles. The third-order valence-electron chi connectivity index (χ3n) is 4.90. The van der Waals surface area contributed by atoms with Crippen LogP contribution in [0.4, 0.5) is 0 Å². The highest BCUT2D eigenvalue weighted by Gasteiger charge is 2.19. The van der Waals surface area contributed by atoms with Crippen LogP contribution in [0.3, 0.4) is 0 Å². The first kappa shape index (κ1) is 19.7. The molecular weight excluding hydrogens is 388 g/mol. The Morgan fingerprint density at radius 2 is 1.93 bits per heavy atom. The molecular formula is C21H24N4O3S.